The van der Waals surface area contributed by atoms with E-state index in [9.17, 15) is 15.2 Å². The Morgan fingerprint density at radius 2 is 2.33 bits per heavy atom. The number of hydrogen-bond acceptors (Lipinski definition) is 4. The zero-order valence-corrected chi connectivity index (χ0v) is 10.5. The highest BCUT2D eigenvalue weighted by molar-refractivity contribution is 5.56. The fourth-order valence-electron chi connectivity index (χ4n) is 2.44. The topological polar surface area (TPSA) is 66.6 Å². The number of nitro groups is 1. The Labute approximate surface area is 106 Å². The minimum absolute atomic E-state index is 0.165. The molecule has 98 valence electrons. The van der Waals surface area contributed by atoms with Crippen molar-refractivity contribution in [1.29, 1.82) is 0 Å². The molecule has 1 aromatic rings. The van der Waals surface area contributed by atoms with Crippen molar-refractivity contribution in [2.24, 2.45) is 5.92 Å². The maximum atomic E-state index is 10.9. The summed E-state index contributed by atoms with van der Waals surface area (Å²) in [5, 5.41) is 20.1. The fraction of sp³-hybridized carbons (Fsp3) is 0.538. The molecule has 1 aliphatic rings. The van der Waals surface area contributed by atoms with Crippen molar-refractivity contribution in [1.82, 2.24) is 0 Å². The van der Waals surface area contributed by atoms with Crippen LogP contribution in [0.25, 0.3) is 0 Å². The molecule has 1 saturated heterocycles. The third-order valence-corrected chi connectivity index (χ3v) is 3.53. The lowest BCUT2D eigenvalue weighted by Gasteiger charge is -2.33. The molecule has 1 heterocycles. The van der Waals surface area contributed by atoms with Gasteiger partial charge in [0.1, 0.15) is 0 Å². The third kappa shape index (κ3) is 2.61. The molecular formula is C13H18N2O3. The molecule has 1 aromatic carbocycles. The van der Waals surface area contributed by atoms with Gasteiger partial charge in [-0.25, -0.2) is 0 Å². The first-order valence-corrected chi connectivity index (χ1v) is 6.22. The first-order chi connectivity index (χ1) is 8.61. The summed E-state index contributed by atoms with van der Waals surface area (Å²) >= 11 is 0. The molecule has 1 N–H and O–H groups in total. The fourth-order valence-corrected chi connectivity index (χ4v) is 2.44. The van der Waals surface area contributed by atoms with E-state index in [-0.39, 0.29) is 23.1 Å². The Balaban J connectivity index is 2.22. The molecule has 0 aliphatic carbocycles. The predicted molar refractivity (Wildman–Crippen MR) is 69.9 cm³/mol. The highest BCUT2D eigenvalue weighted by atomic mass is 16.6. The van der Waals surface area contributed by atoms with Gasteiger partial charge in [-0.1, -0.05) is 6.07 Å². The Morgan fingerprint density at radius 1 is 1.56 bits per heavy atom. The minimum Gasteiger partial charge on any atom is -0.396 e. The van der Waals surface area contributed by atoms with Gasteiger partial charge in [-0.15, -0.1) is 0 Å². The molecule has 1 fully saturated rings. The van der Waals surface area contributed by atoms with Crippen molar-refractivity contribution < 1.29 is 10.0 Å². The molecule has 0 aromatic heterocycles. The molecule has 0 spiro atoms. The van der Waals surface area contributed by atoms with Crippen molar-refractivity contribution in [2.45, 2.75) is 19.8 Å². The van der Waals surface area contributed by atoms with E-state index in [1.807, 2.05) is 6.07 Å². The lowest BCUT2D eigenvalue weighted by molar-refractivity contribution is -0.385. The second kappa shape index (κ2) is 5.35. The van der Waals surface area contributed by atoms with E-state index in [0.717, 1.165) is 31.6 Å². The van der Waals surface area contributed by atoms with E-state index in [1.165, 1.54) is 0 Å². The highest BCUT2D eigenvalue weighted by Gasteiger charge is 2.21. The van der Waals surface area contributed by atoms with Crippen LogP contribution in [0.15, 0.2) is 18.2 Å². The van der Waals surface area contributed by atoms with Gasteiger partial charge in [0.15, 0.2) is 0 Å². The first-order valence-electron chi connectivity index (χ1n) is 6.22. The van der Waals surface area contributed by atoms with Gasteiger partial charge >= 0.3 is 0 Å². The van der Waals surface area contributed by atoms with E-state index >= 15 is 0 Å². The molecule has 18 heavy (non-hydrogen) atoms. The molecule has 0 saturated carbocycles. The first kappa shape index (κ1) is 12.8. The largest absolute Gasteiger partial charge is 0.396 e. The summed E-state index contributed by atoms with van der Waals surface area (Å²) < 4.78 is 0. The summed E-state index contributed by atoms with van der Waals surface area (Å²) in [4.78, 5) is 12.7. The zero-order chi connectivity index (χ0) is 13.1. The van der Waals surface area contributed by atoms with E-state index in [4.69, 9.17) is 0 Å². The van der Waals surface area contributed by atoms with Crippen molar-refractivity contribution >= 4 is 11.4 Å². The smallest absolute Gasteiger partial charge is 0.274 e. The third-order valence-electron chi connectivity index (χ3n) is 3.53. The number of aryl methyl sites for hydroxylation is 1. The molecule has 0 amide bonds. The number of hydrogen-bond donors (Lipinski definition) is 1. The van der Waals surface area contributed by atoms with Crippen LogP contribution in [0.1, 0.15) is 18.4 Å². The van der Waals surface area contributed by atoms with Gasteiger partial charge in [0.2, 0.25) is 0 Å². The van der Waals surface area contributed by atoms with Crippen LogP contribution in [-0.4, -0.2) is 29.7 Å². The van der Waals surface area contributed by atoms with Gasteiger partial charge < -0.3 is 10.0 Å². The van der Waals surface area contributed by atoms with Crippen LogP contribution in [0.3, 0.4) is 0 Å². The van der Waals surface area contributed by atoms with Gasteiger partial charge in [0, 0.05) is 37.0 Å². The summed E-state index contributed by atoms with van der Waals surface area (Å²) in [5.74, 6) is 0.277. The molecule has 1 atom stereocenters. The van der Waals surface area contributed by atoms with E-state index in [0.29, 0.717) is 5.56 Å². The Bertz CT molecular complexity index is 448. The van der Waals surface area contributed by atoms with Crippen LogP contribution < -0.4 is 4.90 Å². The standard InChI is InChI=1S/C13H18N2O3/c1-10-4-5-12(7-13(10)15(17)18)14-6-2-3-11(8-14)9-16/h4-5,7,11,16H,2-3,6,8-9H2,1H3. The molecule has 0 bridgehead atoms. The van der Waals surface area contributed by atoms with E-state index in [2.05, 4.69) is 4.90 Å². The number of nitrogens with zero attached hydrogens (tertiary/aromatic N) is 2. The number of rotatable bonds is 3. The van der Waals surface area contributed by atoms with Crippen LogP contribution in [0.2, 0.25) is 0 Å². The second-order valence-electron chi connectivity index (χ2n) is 4.86. The maximum Gasteiger partial charge on any atom is 0.274 e. The quantitative estimate of drug-likeness (QED) is 0.659. The Kier molecular flexibility index (Phi) is 3.81. The van der Waals surface area contributed by atoms with Crippen molar-refractivity contribution in [3.05, 3.63) is 33.9 Å². The number of benzene rings is 1. The van der Waals surface area contributed by atoms with Gasteiger partial charge in [-0.2, -0.15) is 0 Å². The molecule has 0 radical (unpaired) electrons. The number of piperidine rings is 1. The highest BCUT2D eigenvalue weighted by Crippen LogP contribution is 2.28. The van der Waals surface area contributed by atoms with Crippen molar-refractivity contribution in [3.63, 3.8) is 0 Å². The Hall–Kier alpha value is -1.62. The predicted octanol–water partition coefficient (Wildman–Crippen LogP) is 2.11. The van der Waals surface area contributed by atoms with Gasteiger partial charge in [-0.3, -0.25) is 10.1 Å². The zero-order valence-electron chi connectivity index (χ0n) is 10.5. The second-order valence-corrected chi connectivity index (χ2v) is 4.86. The van der Waals surface area contributed by atoms with Crippen molar-refractivity contribution in [3.8, 4) is 0 Å². The molecule has 2 rings (SSSR count). The van der Waals surface area contributed by atoms with Crippen LogP contribution in [0, 0.1) is 23.0 Å². The monoisotopic (exact) mass is 250 g/mol. The average molecular weight is 250 g/mol. The number of anilines is 1. The SMILES string of the molecule is Cc1ccc(N2CCCC(CO)C2)cc1[N+](=O)[O-]. The van der Waals surface area contributed by atoms with Crippen LogP contribution >= 0.6 is 0 Å². The lowest BCUT2D eigenvalue weighted by atomic mass is 9.98. The number of nitro benzene ring substituents is 1. The molecule has 1 unspecified atom stereocenters. The summed E-state index contributed by atoms with van der Waals surface area (Å²) in [5.41, 5.74) is 1.73. The molecule has 5 nitrogen and oxygen atoms in total. The summed E-state index contributed by atoms with van der Waals surface area (Å²) in [6.07, 6.45) is 2.05. The van der Waals surface area contributed by atoms with Gasteiger partial charge in [0.05, 0.1) is 4.92 Å². The summed E-state index contributed by atoms with van der Waals surface area (Å²) in [7, 11) is 0. The van der Waals surface area contributed by atoms with Crippen LogP contribution in [0.4, 0.5) is 11.4 Å². The van der Waals surface area contributed by atoms with Crippen molar-refractivity contribution in [2.75, 3.05) is 24.6 Å². The van der Waals surface area contributed by atoms with Gasteiger partial charge in [0.25, 0.3) is 5.69 Å². The molecule has 1 aliphatic heterocycles. The Morgan fingerprint density at radius 3 is 3.00 bits per heavy atom. The number of aliphatic hydroxyl groups is 1. The normalized spacial score (nSPS) is 19.9. The average Bonchev–Trinajstić information content (AvgIpc) is 2.39. The van der Waals surface area contributed by atoms with Gasteiger partial charge in [-0.05, 0) is 31.7 Å². The minimum atomic E-state index is -0.341. The summed E-state index contributed by atoms with van der Waals surface area (Å²) in [6, 6.07) is 5.34. The maximum absolute atomic E-state index is 10.9. The summed E-state index contributed by atoms with van der Waals surface area (Å²) in [6.45, 7) is 3.60. The molecular weight excluding hydrogens is 232 g/mol. The van der Waals surface area contributed by atoms with E-state index < -0.39 is 0 Å². The number of aliphatic hydroxyl groups excluding tert-OH is 1. The van der Waals surface area contributed by atoms with Crippen LogP contribution in [-0.2, 0) is 0 Å². The lowest BCUT2D eigenvalue weighted by Crippen LogP contribution is -2.36. The van der Waals surface area contributed by atoms with E-state index in [1.54, 1.807) is 19.1 Å². The molecule has 5 heteroatoms. The van der Waals surface area contributed by atoms with Crippen LogP contribution in [0.5, 0.6) is 0 Å².